The first-order valence-electron chi connectivity index (χ1n) is 7.63. The summed E-state index contributed by atoms with van der Waals surface area (Å²) in [5.74, 6) is -0.0414. The Labute approximate surface area is 131 Å². The number of nitrogens with one attached hydrogen (secondary N) is 1. The van der Waals surface area contributed by atoms with Gasteiger partial charge >= 0.3 is 0 Å². The van der Waals surface area contributed by atoms with E-state index in [9.17, 15) is 14.7 Å². The number of amides is 2. The fourth-order valence-electron chi connectivity index (χ4n) is 2.63. The number of likely N-dealkylation sites (tertiary alicyclic amines) is 1. The van der Waals surface area contributed by atoms with Gasteiger partial charge in [0, 0.05) is 30.3 Å². The van der Waals surface area contributed by atoms with E-state index in [1.807, 2.05) is 27.0 Å². The van der Waals surface area contributed by atoms with E-state index in [-0.39, 0.29) is 41.5 Å². The van der Waals surface area contributed by atoms with Crippen molar-refractivity contribution in [3.05, 3.63) is 0 Å². The molecule has 0 aromatic carbocycles. The Bertz CT molecular complexity index is 359. The summed E-state index contributed by atoms with van der Waals surface area (Å²) in [6.07, 6.45) is 3.62. The summed E-state index contributed by atoms with van der Waals surface area (Å²) in [7, 11) is 0. The van der Waals surface area contributed by atoms with Gasteiger partial charge in [0.25, 0.3) is 0 Å². The maximum atomic E-state index is 12.3. The van der Waals surface area contributed by atoms with Crippen molar-refractivity contribution in [1.29, 1.82) is 0 Å². The third-order valence-corrected chi connectivity index (χ3v) is 5.17. The number of aliphatic hydroxyl groups is 1. The maximum absolute atomic E-state index is 12.3. The fraction of sp³-hybridized carbons (Fsp3) is 0.867. The molecular weight excluding hydrogens is 288 g/mol. The molecule has 3 unspecified atom stereocenters. The maximum Gasteiger partial charge on any atom is 0.225 e. The second-order valence-electron chi connectivity index (χ2n) is 6.03. The van der Waals surface area contributed by atoms with Gasteiger partial charge in [-0.25, -0.2) is 0 Å². The van der Waals surface area contributed by atoms with Crippen LogP contribution in [0.15, 0.2) is 0 Å². The lowest BCUT2D eigenvalue weighted by atomic mass is 9.95. The fourth-order valence-corrected chi connectivity index (χ4v) is 3.25. The molecule has 0 bridgehead atoms. The van der Waals surface area contributed by atoms with E-state index < -0.39 is 0 Å². The van der Waals surface area contributed by atoms with Crippen LogP contribution in [0.2, 0.25) is 0 Å². The average molecular weight is 316 g/mol. The number of rotatable bonds is 6. The highest BCUT2D eigenvalue weighted by atomic mass is 32.2. The molecule has 1 aliphatic rings. The van der Waals surface area contributed by atoms with E-state index in [4.69, 9.17) is 0 Å². The molecule has 1 fully saturated rings. The van der Waals surface area contributed by atoms with Gasteiger partial charge in [0.2, 0.25) is 11.8 Å². The summed E-state index contributed by atoms with van der Waals surface area (Å²) in [6, 6.07) is -0.0753. The van der Waals surface area contributed by atoms with Crippen molar-refractivity contribution in [2.24, 2.45) is 11.8 Å². The van der Waals surface area contributed by atoms with Gasteiger partial charge in [-0.1, -0.05) is 13.8 Å². The standard InChI is InChI=1S/C15H28N2O3S/c1-10(2)15(20)17-7-5-6-12(8-17)14(19)16-11(3)13(9-18)21-4/h10-13,18H,5-9H2,1-4H3,(H,16,19). The van der Waals surface area contributed by atoms with Crippen LogP contribution >= 0.6 is 11.8 Å². The van der Waals surface area contributed by atoms with E-state index in [1.54, 1.807) is 16.7 Å². The Morgan fingerprint density at radius 1 is 1.38 bits per heavy atom. The van der Waals surface area contributed by atoms with Crippen LogP contribution in [0.25, 0.3) is 0 Å². The molecule has 2 N–H and O–H groups in total. The number of hydrogen-bond donors (Lipinski definition) is 2. The number of carbonyl (C=O) groups is 2. The normalized spacial score (nSPS) is 22.0. The van der Waals surface area contributed by atoms with Crippen molar-refractivity contribution >= 4 is 23.6 Å². The first-order chi connectivity index (χ1) is 9.90. The minimum Gasteiger partial charge on any atom is -0.395 e. The summed E-state index contributed by atoms with van der Waals surface area (Å²) in [5.41, 5.74) is 0. The number of nitrogens with zero attached hydrogens (tertiary/aromatic N) is 1. The zero-order valence-electron chi connectivity index (χ0n) is 13.5. The molecular formula is C15H28N2O3S. The number of aliphatic hydroxyl groups excluding tert-OH is 1. The number of piperidine rings is 1. The number of hydrogen-bond acceptors (Lipinski definition) is 4. The third kappa shape index (κ3) is 5.18. The third-order valence-electron chi connectivity index (χ3n) is 4.01. The second-order valence-corrected chi connectivity index (χ2v) is 7.11. The van der Waals surface area contributed by atoms with Crippen LogP contribution in [0.1, 0.15) is 33.6 Å². The molecule has 0 aromatic heterocycles. The monoisotopic (exact) mass is 316 g/mol. The largest absolute Gasteiger partial charge is 0.395 e. The van der Waals surface area contributed by atoms with Crippen LogP contribution in [-0.2, 0) is 9.59 Å². The summed E-state index contributed by atoms with van der Waals surface area (Å²) < 4.78 is 0. The molecule has 0 radical (unpaired) electrons. The van der Waals surface area contributed by atoms with Crippen LogP contribution in [0.5, 0.6) is 0 Å². The van der Waals surface area contributed by atoms with Gasteiger partial charge in [0.15, 0.2) is 0 Å². The van der Waals surface area contributed by atoms with Gasteiger partial charge in [0.1, 0.15) is 0 Å². The van der Waals surface area contributed by atoms with Gasteiger partial charge in [0.05, 0.1) is 12.5 Å². The van der Waals surface area contributed by atoms with Crippen LogP contribution in [0.4, 0.5) is 0 Å². The molecule has 21 heavy (non-hydrogen) atoms. The number of carbonyl (C=O) groups excluding carboxylic acids is 2. The molecule has 0 aliphatic carbocycles. The van der Waals surface area contributed by atoms with E-state index in [0.29, 0.717) is 6.54 Å². The lowest BCUT2D eigenvalue weighted by Crippen LogP contribution is -2.50. The highest BCUT2D eigenvalue weighted by Crippen LogP contribution is 2.19. The zero-order valence-corrected chi connectivity index (χ0v) is 14.3. The molecule has 2 amide bonds. The summed E-state index contributed by atoms with van der Waals surface area (Å²) in [6.45, 7) is 7.00. The molecule has 122 valence electrons. The highest BCUT2D eigenvalue weighted by molar-refractivity contribution is 7.99. The van der Waals surface area contributed by atoms with Crippen LogP contribution in [-0.4, -0.2) is 59.1 Å². The SMILES string of the molecule is CSC(CO)C(C)NC(=O)C1CCCN(C(=O)C(C)C)C1. The molecule has 1 heterocycles. The topological polar surface area (TPSA) is 69.6 Å². The lowest BCUT2D eigenvalue weighted by molar-refractivity contribution is -0.138. The van der Waals surface area contributed by atoms with Crippen molar-refractivity contribution in [2.75, 3.05) is 26.0 Å². The predicted molar refractivity (Wildman–Crippen MR) is 86.1 cm³/mol. The molecule has 0 aromatic rings. The van der Waals surface area contributed by atoms with Crippen molar-refractivity contribution in [3.8, 4) is 0 Å². The number of thioether (sulfide) groups is 1. The van der Waals surface area contributed by atoms with Gasteiger partial charge in [-0.2, -0.15) is 11.8 Å². The Balaban J connectivity index is 2.56. The Morgan fingerprint density at radius 3 is 2.57 bits per heavy atom. The van der Waals surface area contributed by atoms with Crippen LogP contribution in [0.3, 0.4) is 0 Å². The molecule has 1 rings (SSSR count). The molecule has 0 spiro atoms. The van der Waals surface area contributed by atoms with Crippen LogP contribution < -0.4 is 5.32 Å². The predicted octanol–water partition coefficient (Wildman–Crippen LogP) is 1.11. The van der Waals surface area contributed by atoms with Crippen molar-refractivity contribution < 1.29 is 14.7 Å². The van der Waals surface area contributed by atoms with E-state index in [1.165, 1.54) is 0 Å². The van der Waals surface area contributed by atoms with E-state index >= 15 is 0 Å². The quantitative estimate of drug-likeness (QED) is 0.770. The van der Waals surface area contributed by atoms with Gasteiger partial charge < -0.3 is 15.3 Å². The van der Waals surface area contributed by atoms with E-state index in [0.717, 1.165) is 19.4 Å². The summed E-state index contributed by atoms with van der Waals surface area (Å²) in [5, 5.41) is 12.3. The van der Waals surface area contributed by atoms with Crippen molar-refractivity contribution in [3.63, 3.8) is 0 Å². The average Bonchev–Trinajstić information content (AvgIpc) is 2.47. The zero-order chi connectivity index (χ0) is 16.0. The van der Waals surface area contributed by atoms with Crippen molar-refractivity contribution in [2.45, 2.75) is 44.9 Å². The first-order valence-corrected chi connectivity index (χ1v) is 8.92. The summed E-state index contributed by atoms with van der Waals surface area (Å²) >= 11 is 1.55. The second kappa shape index (κ2) is 8.63. The van der Waals surface area contributed by atoms with Crippen LogP contribution in [0, 0.1) is 11.8 Å². The summed E-state index contributed by atoms with van der Waals surface area (Å²) in [4.78, 5) is 26.2. The minimum atomic E-state index is -0.134. The molecule has 6 heteroatoms. The first kappa shape index (κ1) is 18.3. The van der Waals surface area contributed by atoms with Crippen molar-refractivity contribution in [1.82, 2.24) is 10.2 Å². The molecule has 1 aliphatic heterocycles. The smallest absolute Gasteiger partial charge is 0.225 e. The Hall–Kier alpha value is -0.750. The molecule has 1 saturated heterocycles. The van der Waals surface area contributed by atoms with E-state index in [2.05, 4.69) is 5.32 Å². The molecule has 5 nitrogen and oxygen atoms in total. The lowest BCUT2D eigenvalue weighted by Gasteiger charge is -2.34. The minimum absolute atomic E-state index is 0.00347. The highest BCUT2D eigenvalue weighted by Gasteiger charge is 2.30. The molecule has 3 atom stereocenters. The van der Waals surface area contributed by atoms with Gasteiger partial charge in [-0.15, -0.1) is 0 Å². The Kier molecular flexibility index (Phi) is 7.52. The Morgan fingerprint density at radius 2 is 2.05 bits per heavy atom. The van der Waals surface area contributed by atoms with Gasteiger partial charge in [-0.3, -0.25) is 9.59 Å². The van der Waals surface area contributed by atoms with Gasteiger partial charge in [-0.05, 0) is 26.0 Å². The molecule has 0 saturated carbocycles.